The zero-order valence-corrected chi connectivity index (χ0v) is 16.8. The third kappa shape index (κ3) is 2.42. The first-order valence-corrected chi connectivity index (χ1v) is 11.1. The molecule has 1 N–H and O–H groups in total. The highest BCUT2D eigenvalue weighted by atomic mass is 16.2. The van der Waals surface area contributed by atoms with E-state index in [2.05, 4.69) is 41.4 Å². The molecule has 5 fully saturated rings. The summed E-state index contributed by atoms with van der Waals surface area (Å²) in [5.41, 5.74) is 3.49. The van der Waals surface area contributed by atoms with Crippen LogP contribution in [0.1, 0.15) is 69.4 Å². The van der Waals surface area contributed by atoms with E-state index < -0.39 is 0 Å². The second-order valence-electron chi connectivity index (χ2n) is 10.7. The number of carbonyl (C=O) groups excluding carboxylic acids is 2. The average Bonchev–Trinajstić information content (AvgIpc) is 3.56. The zero-order chi connectivity index (χ0) is 19.1. The number of amides is 2. The fourth-order valence-corrected chi connectivity index (χ4v) is 6.41. The average molecular weight is 379 g/mol. The topological polar surface area (TPSA) is 49.4 Å². The molecule has 3 saturated carbocycles. The molecular formula is C24H30N2O2. The van der Waals surface area contributed by atoms with E-state index in [1.807, 2.05) is 0 Å². The molecule has 2 atom stereocenters. The highest BCUT2D eigenvalue weighted by Crippen LogP contribution is 2.60. The minimum Gasteiger partial charge on any atom is -0.351 e. The lowest BCUT2D eigenvalue weighted by Gasteiger charge is -2.50. The molecule has 1 aromatic carbocycles. The van der Waals surface area contributed by atoms with Crippen molar-refractivity contribution < 1.29 is 9.59 Å². The first kappa shape index (κ1) is 17.1. The number of fused-ring (bicyclic) bond motifs is 1. The molecule has 6 rings (SSSR count). The Hall–Kier alpha value is -1.84. The van der Waals surface area contributed by atoms with Gasteiger partial charge in [-0.15, -0.1) is 0 Å². The Balaban J connectivity index is 1.11. The van der Waals surface area contributed by atoms with E-state index in [1.54, 1.807) is 0 Å². The van der Waals surface area contributed by atoms with Crippen molar-refractivity contribution in [2.24, 2.45) is 11.8 Å². The zero-order valence-electron chi connectivity index (χ0n) is 16.8. The van der Waals surface area contributed by atoms with Gasteiger partial charge in [-0.1, -0.05) is 31.2 Å². The molecular weight excluding hydrogens is 348 g/mol. The molecule has 148 valence electrons. The van der Waals surface area contributed by atoms with Gasteiger partial charge in [0.05, 0.1) is 0 Å². The predicted molar refractivity (Wildman–Crippen MR) is 107 cm³/mol. The van der Waals surface area contributed by atoms with Gasteiger partial charge in [0.2, 0.25) is 11.8 Å². The summed E-state index contributed by atoms with van der Waals surface area (Å²) in [6.45, 7) is 4.17. The first-order chi connectivity index (χ1) is 13.4. The maximum atomic E-state index is 13.1. The van der Waals surface area contributed by atoms with Crippen LogP contribution in [0.15, 0.2) is 24.3 Å². The Kier molecular flexibility index (Phi) is 3.29. The van der Waals surface area contributed by atoms with Crippen molar-refractivity contribution in [1.82, 2.24) is 10.2 Å². The molecule has 28 heavy (non-hydrogen) atoms. The molecule has 2 aliphatic heterocycles. The number of likely N-dealkylation sites (tertiary alicyclic amines) is 1. The van der Waals surface area contributed by atoms with Crippen LogP contribution in [-0.2, 0) is 20.4 Å². The SMILES string of the molecule is CC1(c2ccc(C34CC3CN(C(=O)[C@H]3C[C@]5(CCCC(=O)N5)C3)C4)cc2)CC1. The molecule has 2 unspecified atom stereocenters. The van der Waals surface area contributed by atoms with Gasteiger partial charge in [0.25, 0.3) is 0 Å². The number of carbonyl (C=O) groups is 2. The monoisotopic (exact) mass is 378 g/mol. The van der Waals surface area contributed by atoms with Crippen LogP contribution in [-0.4, -0.2) is 35.3 Å². The first-order valence-electron chi connectivity index (χ1n) is 11.1. The molecule has 1 aromatic rings. The predicted octanol–water partition coefficient (Wildman–Crippen LogP) is 3.29. The Bertz CT molecular complexity index is 850. The summed E-state index contributed by atoms with van der Waals surface area (Å²) >= 11 is 0. The molecule has 2 heterocycles. The molecule has 2 amide bonds. The Morgan fingerprint density at radius 2 is 1.79 bits per heavy atom. The maximum absolute atomic E-state index is 13.1. The molecule has 1 spiro atoms. The number of hydrogen-bond acceptors (Lipinski definition) is 2. The fourth-order valence-electron chi connectivity index (χ4n) is 6.41. The van der Waals surface area contributed by atoms with Crippen molar-refractivity contribution in [3.8, 4) is 0 Å². The second kappa shape index (κ2) is 5.40. The summed E-state index contributed by atoms with van der Waals surface area (Å²) in [5.74, 6) is 1.26. The van der Waals surface area contributed by atoms with Crippen LogP contribution in [0.4, 0.5) is 0 Å². The molecule has 0 aromatic heterocycles. The number of piperidine rings is 2. The van der Waals surface area contributed by atoms with Crippen molar-refractivity contribution >= 4 is 11.8 Å². The van der Waals surface area contributed by atoms with Gasteiger partial charge < -0.3 is 10.2 Å². The highest BCUT2D eigenvalue weighted by Gasteiger charge is 2.62. The van der Waals surface area contributed by atoms with Crippen LogP contribution in [0.3, 0.4) is 0 Å². The molecule has 0 radical (unpaired) electrons. The number of hydrogen-bond donors (Lipinski definition) is 1. The smallest absolute Gasteiger partial charge is 0.225 e. The van der Waals surface area contributed by atoms with Crippen LogP contribution in [0.5, 0.6) is 0 Å². The Labute approximate surface area is 167 Å². The van der Waals surface area contributed by atoms with Gasteiger partial charge in [-0.3, -0.25) is 9.59 Å². The van der Waals surface area contributed by atoms with Crippen LogP contribution >= 0.6 is 0 Å². The van der Waals surface area contributed by atoms with Crippen LogP contribution in [0, 0.1) is 11.8 Å². The van der Waals surface area contributed by atoms with Gasteiger partial charge >= 0.3 is 0 Å². The molecule has 4 nitrogen and oxygen atoms in total. The third-order valence-electron chi connectivity index (χ3n) is 8.70. The summed E-state index contributed by atoms with van der Waals surface area (Å²) in [4.78, 5) is 26.9. The minimum atomic E-state index is -0.0647. The van der Waals surface area contributed by atoms with Gasteiger partial charge in [-0.2, -0.15) is 0 Å². The normalized spacial score (nSPS) is 39.9. The summed E-state index contributed by atoms with van der Waals surface area (Å²) in [6.07, 6.45) is 8.21. The molecule has 5 aliphatic rings. The Morgan fingerprint density at radius 1 is 1.07 bits per heavy atom. The lowest BCUT2D eigenvalue weighted by molar-refractivity contribution is -0.144. The largest absolute Gasteiger partial charge is 0.351 e. The van der Waals surface area contributed by atoms with Gasteiger partial charge in [-0.05, 0) is 67.4 Å². The van der Waals surface area contributed by atoms with Gasteiger partial charge in [0, 0.05) is 36.4 Å². The summed E-state index contributed by atoms with van der Waals surface area (Å²) < 4.78 is 0. The third-order valence-corrected chi connectivity index (χ3v) is 8.70. The van der Waals surface area contributed by atoms with Crippen molar-refractivity contribution in [3.05, 3.63) is 35.4 Å². The van der Waals surface area contributed by atoms with E-state index in [-0.39, 0.29) is 22.8 Å². The lowest BCUT2D eigenvalue weighted by atomic mass is 9.64. The maximum Gasteiger partial charge on any atom is 0.225 e. The summed E-state index contributed by atoms with van der Waals surface area (Å²) in [7, 11) is 0. The van der Waals surface area contributed by atoms with Crippen LogP contribution < -0.4 is 5.32 Å². The summed E-state index contributed by atoms with van der Waals surface area (Å²) in [6, 6.07) is 9.34. The summed E-state index contributed by atoms with van der Waals surface area (Å²) in [5, 5.41) is 3.17. The number of nitrogens with one attached hydrogen (secondary N) is 1. The van der Waals surface area contributed by atoms with Crippen LogP contribution in [0.2, 0.25) is 0 Å². The number of rotatable bonds is 3. The van der Waals surface area contributed by atoms with E-state index in [4.69, 9.17) is 0 Å². The highest BCUT2D eigenvalue weighted by molar-refractivity contribution is 5.83. The van der Waals surface area contributed by atoms with Crippen molar-refractivity contribution in [1.29, 1.82) is 0 Å². The number of benzene rings is 1. The number of nitrogens with zero attached hydrogens (tertiary/aromatic N) is 1. The van der Waals surface area contributed by atoms with Gasteiger partial charge in [0.1, 0.15) is 0 Å². The van der Waals surface area contributed by atoms with Gasteiger partial charge in [-0.25, -0.2) is 0 Å². The van der Waals surface area contributed by atoms with E-state index in [0.717, 1.165) is 38.8 Å². The Morgan fingerprint density at radius 3 is 2.46 bits per heavy atom. The van der Waals surface area contributed by atoms with Crippen molar-refractivity contribution in [3.63, 3.8) is 0 Å². The quantitative estimate of drug-likeness (QED) is 0.877. The van der Waals surface area contributed by atoms with Crippen molar-refractivity contribution in [2.45, 2.75) is 74.7 Å². The second-order valence-corrected chi connectivity index (χ2v) is 10.7. The molecule has 4 heteroatoms. The van der Waals surface area contributed by atoms with E-state index in [0.29, 0.717) is 23.7 Å². The molecule has 2 saturated heterocycles. The standard InChI is InChI=1S/C24H30N2O2/c1-22(9-10-22)17-4-6-18(7-5-17)24-13-19(24)14-26(15-24)21(28)16-11-23(12-16)8-2-3-20(27)25-23/h4-7,16,19H,2-3,8-15H2,1H3,(H,25,27)/t16-,19?,23+,24?. The fraction of sp³-hybridized carbons (Fsp3) is 0.667. The van der Waals surface area contributed by atoms with E-state index in [9.17, 15) is 9.59 Å². The lowest BCUT2D eigenvalue weighted by Crippen LogP contribution is -2.62. The van der Waals surface area contributed by atoms with Crippen molar-refractivity contribution in [2.75, 3.05) is 13.1 Å². The van der Waals surface area contributed by atoms with Gasteiger partial charge in [0.15, 0.2) is 0 Å². The molecule has 0 bridgehead atoms. The minimum absolute atomic E-state index is 0.0647. The van der Waals surface area contributed by atoms with E-state index >= 15 is 0 Å². The molecule has 3 aliphatic carbocycles. The van der Waals surface area contributed by atoms with E-state index in [1.165, 1.54) is 30.4 Å². The van der Waals surface area contributed by atoms with Crippen LogP contribution in [0.25, 0.3) is 0 Å².